The molecule has 1 saturated heterocycles. The normalized spacial score (nSPS) is 19.3. The predicted molar refractivity (Wildman–Crippen MR) is 88.1 cm³/mol. The second-order valence-electron chi connectivity index (χ2n) is 6.03. The van der Waals surface area contributed by atoms with Crippen LogP contribution in [0.2, 0.25) is 0 Å². The summed E-state index contributed by atoms with van der Waals surface area (Å²) in [6.07, 6.45) is 3.26. The van der Waals surface area contributed by atoms with Crippen LogP contribution in [0.4, 0.5) is 5.82 Å². The molecule has 2 unspecified atom stereocenters. The Balaban J connectivity index is 2.02. The topological polar surface area (TPSA) is 56.7 Å². The van der Waals surface area contributed by atoms with Crippen molar-refractivity contribution in [2.45, 2.75) is 39.7 Å². The van der Waals surface area contributed by atoms with Crippen LogP contribution in [0.3, 0.4) is 0 Å². The number of aliphatic hydroxyl groups excluding tert-OH is 1. The van der Waals surface area contributed by atoms with Crippen molar-refractivity contribution in [2.24, 2.45) is 5.92 Å². The Hall–Kier alpha value is -1.62. The van der Waals surface area contributed by atoms with Crippen LogP contribution in [-0.4, -0.2) is 53.2 Å². The predicted octanol–water partition coefficient (Wildman–Crippen LogP) is 2.16. The highest BCUT2D eigenvalue weighted by Crippen LogP contribution is 2.22. The second kappa shape index (κ2) is 7.58. The summed E-state index contributed by atoms with van der Waals surface area (Å²) >= 11 is 0. The van der Waals surface area contributed by atoms with E-state index in [1.165, 1.54) is 0 Å². The van der Waals surface area contributed by atoms with Crippen molar-refractivity contribution in [1.82, 2.24) is 9.88 Å². The smallest absolute Gasteiger partial charge is 0.255 e. The van der Waals surface area contributed by atoms with Gasteiger partial charge in [-0.05, 0) is 38.8 Å². The lowest BCUT2D eigenvalue weighted by atomic mass is 10.0. The van der Waals surface area contributed by atoms with Gasteiger partial charge in [-0.2, -0.15) is 0 Å². The van der Waals surface area contributed by atoms with Gasteiger partial charge in [-0.15, -0.1) is 0 Å². The summed E-state index contributed by atoms with van der Waals surface area (Å²) in [6, 6.07) is 3.79. The summed E-state index contributed by atoms with van der Waals surface area (Å²) in [4.78, 5) is 20.9. The lowest BCUT2D eigenvalue weighted by Crippen LogP contribution is -2.30. The molecule has 2 rings (SSSR count). The van der Waals surface area contributed by atoms with Gasteiger partial charge in [0.25, 0.3) is 5.91 Å². The van der Waals surface area contributed by atoms with Crippen LogP contribution in [0.15, 0.2) is 18.3 Å². The third-order valence-corrected chi connectivity index (χ3v) is 4.39. The fourth-order valence-electron chi connectivity index (χ4n) is 2.95. The number of pyridine rings is 1. The third kappa shape index (κ3) is 3.77. The number of carbonyl (C=O) groups excluding carboxylic acids is 1. The molecular formula is C17H27N3O2. The van der Waals surface area contributed by atoms with Crippen LogP contribution in [-0.2, 0) is 0 Å². The molecule has 1 aromatic rings. The molecule has 122 valence electrons. The van der Waals surface area contributed by atoms with Gasteiger partial charge >= 0.3 is 0 Å². The first-order valence-corrected chi connectivity index (χ1v) is 8.25. The summed E-state index contributed by atoms with van der Waals surface area (Å²) in [5, 5.41) is 9.64. The van der Waals surface area contributed by atoms with Gasteiger partial charge in [0.05, 0.1) is 11.7 Å². The summed E-state index contributed by atoms with van der Waals surface area (Å²) < 4.78 is 0. The van der Waals surface area contributed by atoms with E-state index >= 15 is 0 Å². The molecule has 5 nitrogen and oxygen atoms in total. The number of hydrogen-bond acceptors (Lipinski definition) is 4. The minimum atomic E-state index is -0.356. The van der Waals surface area contributed by atoms with E-state index in [9.17, 15) is 9.90 Å². The highest BCUT2D eigenvalue weighted by molar-refractivity contribution is 5.94. The molecule has 0 spiro atoms. The Morgan fingerprint density at radius 3 is 2.77 bits per heavy atom. The van der Waals surface area contributed by atoms with Crippen LogP contribution in [0.1, 0.15) is 44.0 Å². The monoisotopic (exact) mass is 305 g/mol. The van der Waals surface area contributed by atoms with Crippen LogP contribution in [0, 0.1) is 5.92 Å². The number of hydrogen-bond donors (Lipinski definition) is 1. The zero-order chi connectivity index (χ0) is 16.1. The lowest BCUT2D eigenvalue weighted by Gasteiger charge is -2.22. The van der Waals surface area contributed by atoms with Crippen molar-refractivity contribution in [2.75, 3.05) is 31.1 Å². The SMILES string of the molecule is CCCN(CC)c1ccc(C(=O)N2CCC(C(C)O)C2)cn1. The number of rotatable bonds is 6. The van der Waals surface area contributed by atoms with E-state index in [1.54, 1.807) is 13.1 Å². The molecular weight excluding hydrogens is 278 g/mol. The van der Waals surface area contributed by atoms with Crippen molar-refractivity contribution in [1.29, 1.82) is 0 Å². The van der Waals surface area contributed by atoms with Crippen molar-refractivity contribution in [3.8, 4) is 0 Å². The number of anilines is 1. The summed E-state index contributed by atoms with van der Waals surface area (Å²) in [7, 11) is 0. The molecule has 2 heterocycles. The molecule has 2 atom stereocenters. The van der Waals surface area contributed by atoms with Gasteiger partial charge in [0.2, 0.25) is 0 Å². The van der Waals surface area contributed by atoms with E-state index in [1.807, 2.05) is 17.0 Å². The minimum absolute atomic E-state index is 0.0146. The van der Waals surface area contributed by atoms with Crippen LogP contribution >= 0.6 is 0 Å². The quantitative estimate of drug-likeness (QED) is 0.875. The Morgan fingerprint density at radius 2 is 2.27 bits per heavy atom. The van der Waals surface area contributed by atoms with E-state index in [4.69, 9.17) is 0 Å². The van der Waals surface area contributed by atoms with Gasteiger partial charge in [0.15, 0.2) is 0 Å². The Kier molecular flexibility index (Phi) is 5.77. The molecule has 1 N–H and O–H groups in total. The van der Waals surface area contributed by atoms with Crippen molar-refractivity contribution in [3.63, 3.8) is 0 Å². The van der Waals surface area contributed by atoms with Gasteiger partial charge in [0.1, 0.15) is 5.82 Å². The first-order valence-electron chi connectivity index (χ1n) is 8.25. The lowest BCUT2D eigenvalue weighted by molar-refractivity contribution is 0.0762. The van der Waals surface area contributed by atoms with E-state index < -0.39 is 0 Å². The summed E-state index contributed by atoms with van der Waals surface area (Å²) in [6.45, 7) is 9.28. The number of nitrogens with zero attached hydrogens (tertiary/aromatic N) is 3. The number of likely N-dealkylation sites (tertiary alicyclic amines) is 1. The molecule has 22 heavy (non-hydrogen) atoms. The maximum absolute atomic E-state index is 12.5. The number of carbonyl (C=O) groups is 1. The minimum Gasteiger partial charge on any atom is -0.393 e. The zero-order valence-corrected chi connectivity index (χ0v) is 13.8. The molecule has 0 bridgehead atoms. The number of aliphatic hydroxyl groups is 1. The molecule has 0 saturated carbocycles. The van der Waals surface area contributed by atoms with Crippen LogP contribution in [0.5, 0.6) is 0 Å². The maximum Gasteiger partial charge on any atom is 0.255 e. The highest BCUT2D eigenvalue weighted by Gasteiger charge is 2.29. The maximum atomic E-state index is 12.5. The summed E-state index contributed by atoms with van der Waals surface area (Å²) in [5.41, 5.74) is 0.627. The van der Waals surface area contributed by atoms with E-state index in [0.29, 0.717) is 18.7 Å². The average molecular weight is 305 g/mol. The van der Waals surface area contributed by atoms with Gasteiger partial charge in [-0.25, -0.2) is 4.98 Å². The fourth-order valence-corrected chi connectivity index (χ4v) is 2.95. The number of aromatic nitrogens is 1. The Labute approximate surface area is 132 Å². The third-order valence-electron chi connectivity index (χ3n) is 4.39. The summed E-state index contributed by atoms with van der Waals surface area (Å²) in [5.74, 6) is 1.13. The zero-order valence-electron chi connectivity index (χ0n) is 13.8. The van der Waals surface area contributed by atoms with Gasteiger partial charge < -0.3 is 14.9 Å². The van der Waals surface area contributed by atoms with Gasteiger partial charge in [-0.3, -0.25) is 4.79 Å². The van der Waals surface area contributed by atoms with E-state index in [0.717, 1.165) is 31.7 Å². The Bertz CT molecular complexity index is 487. The van der Waals surface area contributed by atoms with Crippen molar-refractivity contribution in [3.05, 3.63) is 23.9 Å². The van der Waals surface area contributed by atoms with Crippen LogP contribution < -0.4 is 4.90 Å². The first-order chi connectivity index (χ1) is 10.6. The van der Waals surface area contributed by atoms with Gasteiger partial charge in [0, 0.05) is 38.3 Å². The Morgan fingerprint density at radius 1 is 1.50 bits per heavy atom. The molecule has 0 aromatic carbocycles. The average Bonchev–Trinajstić information content (AvgIpc) is 3.02. The largest absolute Gasteiger partial charge is 0.393 e. The van der Waals surface area contributed by atoms with E-state index in [2.05, 4.69) is 23.7 Å². The fraction of sp³-hybridized carbons (Fsp3) is 0.647. The van der Waals surface area contributed by atoms with E-state index in [-0.39, 0.29) is 17.9 Å². The number of amides is 1. The van der Waals surface area contributed by atoms with Crippen LogP contribution in [0.25, 0.3) is 0 Å². The molecule has 1 aliphatic heterocycles. The molecule has 5 heteroatoms. The second-order valence-corrected chi connectivity index (χ2v) is 6.03. The molecule has 1 aliphatic rings. The van der Waals surface area contributed by atoms with Crippen molar-refractivity contribution >= 4 is 11.7 Å². The molecule has 0 aliphatic carbocycles. The molecule has 0 radical (unpaired) electrons. The highest BCUT2D eigenvalue weighted by atomic mass is 16.3. The first kappa shape index (κ1) is 16.7. The standard InChI is InChI=1S/C17H27N3O2/c1-4-9-19(5-2)16-7-6-14(11-18-16)17(22)20-10-8-15(12-20)13(3)21/h6-7,11,13,15,21H,4-5,8-10,12H2,1-3H3. The molecule has 1 aromatic heterocycles. The van der Waals surface area contributed by atoms with Gasteiger partial charge in [-0.1, -0.05) is 6.92 Å². The van der Waals surface area contributed by atoms with Crippen molar-refractivity contribution < 1.29 is 9.90 Å². The molecule has 1 amide bonds. The molecule has 1 fully saturated rings.